The number of halogens is 3. The van der Waals surface area contributed by atoms with Gasteiger partial charge in [-0.1, -0.05) is 15.9 Å². The van der Waals surface area contributed by atoms with Gasteiger partial charge in [-0.3, -0.25) is 4.79 Å². The molecule has 7 nitrogen and oxygen atoms in total. The molecule has 0 saturated carbocycles. The summed E-state index contributed by atoms with van der Waals surface area (Å²) in [6, 6.07) is 6.80. The highest BCUT2D eigenvalue weighted by Gasteiger charge is 2.14. The van der Waals surface area contributed by atoms with E-state index in [2.05, 4.69) is 58.3 Å². The number of phenols is 1. The van der Waals surface area contributed by atoms with Crippen LogP contribution in [0.4, 0.5) is 0 Å². The second-order valence-electron chi connectivity index (χ2n) is 5.02. The van der Waals surface area contributed by atoms with Crippen molar-refractivity contribution in [1.82, 2.24) is 5.43 Å². The van der Waals surface area contributed by atoms with E-state index in [0.717, 1.165) is 4.47 Å². The lowest BCUT2D eigenvalue weighted by atomic mass is 10.2. The van der Waals surface area contributed by atoms with Gasteiger partial charge in [0.15, 0.2) is 23.9 Å². The molecule has 0 saturated heterocycles. The number of phenolic OH excluding ortho intramolecular Hbond substituents is 1. The molecule has 27 heavy (non-hydrogen) atoms. The maximum Gasteiger partial charge on any atom is 0.277 e. The number of methoxy groups -OCH3 is 2. The lowest BCUT2D eigenvalue weighted by Crippen LogP contribution is -2.24. The fraction of sp³-hybridized carbons (Fsp3) is 0.176. The molecule has 10 heteroatoms. The molecular weight excluding hydrogens is 552 g/mol. The van der Waals surface area contributed by atoms with Crippen molar-refractivity contribution in [2.45, 2.75) is 0 Å². The van der Waals surface area contributed by atoms with E-state index in [1.165, 1.54) is 20.4 Å². The van der Waals surface area contributed by atoms with Crippen LogP contribution in [0.1, 0.15) is 5.56 Å². The minimum absolute atomic E-state index is 0.0658. The molecule has 0 atom stereocenters. The summed E-state index contributed by atoms with van der Waals surface area (Å²) in [5, 5.41) is 14.0. The van der Waals surface area contributed by atoms with Gasteiger partial charge in [0.1, 0.15) is 10.2 Å². The molecule has 2 aromatic rings. The van der Waals surface area contributed by atoms with Crippen LogP contribution in [-0.4, -0.2) is 38.1 Å². The van der Waals surface area contributed by atoms with Gasteiger partial charge in [-0.2, -0.15) is 5.10 Å². The number of amides is 1. The van der Waals surface area contributed by atoms with Crippen LogP contribution < -0.4 is 19.6 Å². The van der Waals surface area contributed by atoms with Gasteiger partial charge in [0, 0.05) is 10.0 Å². The smallest absolute Gasteiger partial charge is 0.277 e. The highest BCUT2D eigenvalue weighted by Crippen LogP contribution is 2.41. The SMILES string of the molecule is COc1cc(Br)ccc1OCC(=O)N/N=C\c1cc(Br)c(OC)c(Br)c1O. The summed E-state index contributed by atoms with van der Waals surface area (Å²) < 4.78 is 17.6. The average molecular weight is 567 g/mol. The summed E-state index contributed by atoms with van der Waals surface area (Å²) in [7, 11) is 3.00. The molecule has 0 aliphatic heterocycles. The maximum absolute atomic E-state index is 11.9. The number of aromatic hydroxyl groups is 1. The van der Waals surface area contributed by atoms with E-state index in [-0.39, 0.29) is 12.4 Å². The first-order valence-electron chi connectivity index (χ1n) is 7.40. The summed E-state index contributed by atoms with van der Waals surface area (Å²) in [5.74, 6) is 0.843. The van der Waals surface area contributed by atoms with Crippen molar-refractivity contribution in [1.29, 1.82) is 0 Å². The maximum atomic E-state index is 11.9. The monoisotopic (exact) mass is 564 g/mol. The lowest BCUT2D eigenvalue weighted by molar-refractivity contribution is -0.123. The Bertz CT molecular complexity index is 874. The zero-order valence-electron chi connectivity index (χ0n) is 14.3. The molecule has 144 valence electrons. The molecule has 2 N–H and O–H groups in total. The van der Waals surface area contributed by atoms with Crippen LogP contribution in [0.15, 0.2) is 42.8 Å². The van der Waals surface area contributed by atoms with Gasteiger partial charge >= 0.3 is 0 Å². The van der Waals surface area contributed by atoms with E-state index in [9.17, 15) is 9.90 Å². The predicted molar refractivity (Wildman–Crippen MR) is 112 cm³/mol. The van der Waals surface area contributed by atoms with Crippen LogP contribution in [-0.2, 0) is 4.79 Å². The normalized spacial score (nSPS) is 10.7. The summed E-state index contributed by atoms with van der Waals surface area (Å²) in [5.41, 5.74) is 2.71. The number of ether oxygens (including phenoxy) is 3. The van der Waals surface area contributed by atoms with Crippen LogP contribution in [0.3, 0.4) is 0 Å². The zero-order chi connectivity index (χ0) is 20.0. The third kappa shape index (κ3) is 5.60. The summed E-state index contributed by atoms with van der Waals surface area (Å²) in [6.45, 7) is -0.253. The van der Waals surface area contributed by atoms with Gasteiger partial charge in [-0.25, -0.2) is 5.43 Å². The predicted octanol–water partition coefficient (Wildman–Crippen LogP) is 4.23. The highest BCUT2D eigenvalue weighted by atomic mass is 79.9. The van der Waals surface area contributed by atoms with E-state index in [1.54, 1.807) is 24.3 Å². The molecular formula is C17H15Br3N2O5. The van der Waals surface area contributed by atoms with Gasteiger partial charge in [0.25, 0.3) is 5.91 Å². The quantitative estimate of drug-likeness (QED) is 0.387. The molecule has 0 aromatic heterocycles. The Hall–Kier alpha value is -1.78. The number of benzene rings is 2. The number of nitrogens with zero attached hydrogens (tertiary/aromatic N) is 1. The Morgan fingerprint density at radius 2 is 1.93 bits per heavy atom. The number of hydrazone groups is 1. The summed E-state index contributed by atoms with van der Waals surface area (Å²) in [4.78, 5) is 11.9. The highest BCUT2D eigenvalue weighted by molar-refractivity contribution is 9.11. The topological polar surface area (TPSA) is 89.4 Å². The fourth-order valence-corrected chi connectivity index (χ4v) is 3.82. The fourth-order valence-electron chi connectivity index (χ4n) is 2.01. The van der Waals surface area contributed by atoms with Crippen LogP contribution in [0.25, 0.3) is 0 Å². The summed E-state index contributed by atoms with van der Waals surface area (Å²) >= 11 is 9.90. The first-order chi connectivity index (χ1) is 12.9. The van der Waals surface area contributed by atoms with Crippen molar-refractivity contribution in [3.63, 3.8) is 0 Å². The molecule has 0 aliphatic carbocycles. The van der Waals surface area contributed by atoms with Crippen molar-refractivity contribution in [2.24, 2.45) is 5.10 Å². The molecule has 1 amide bonds. The Kier molecular flexibility index (Phi) is 7.93. The summed E-state index contributed by atoms with van der Waals surface area (Å²) in [6.07, 6.45) is 1.31. The van der Waals surface area contributed by atoms with Gasteiger partial charge in [0.2, 0.25) is 0 Å². The van der Waals surface area contributed by atoms with Crippen molar-refractivity contribution in [3.8, 4) is 23.0 Å². The average Bonchev–Trinajstić information content (AvgIpc) is 2.65. The number of carbonyl (C=O) groups is 1. The van der Waals surface area contributed by atoms with Crippen molar-refractivity contribution >= 4 is 59.9 Å². The Labute approximate surface area is 181 Å². The molecule has 0 spiro atoms. The van der Waals surface area contributed by atoms with Crippen molar-refractivity contribution in [2.75, 3.05) is 20.8 Å². The molecule has 2 rings (SSSR count). The lowest BCUT2D eigenvalue weighted by Gasteiger charge is -2.10. The number of hydrogen-bond donors (Lipinski definition) is 2. The molecule has 0 bridgehead atoms. The number of rotatable bonds is 7. The second-order valence-corrected chi connectivity index (χ2v) is 7.58. The van der Waals surface area contributed by atoms with Crippen LogP contribution in [0.5, 0.6) is 23.0 Å². The molecule has 0 unspecified atom stereocenters. The second kappa shape index (κ2) is 9.95. The first-order valence-corrected chi connectivity index (χ1v) is 9.78. The van der Waals surface area contributed by atoms with Crippen LogP contribution in [0, 0.1) is 0 Å². The Balaban J connectivity index is 1.98. The molecule has 2 aromatic carbocycles. The standard InChI is InChI=1S/C17H15Br3N2O5/c1-25-13-6-10(18)3-4-12(13)27-8-14(23)22-21-7-9-5-11(19)17(26-2)15(20)16(9)24/h3-7,24H,8H2,1-2H3,(H,22,23)/b21-7-. The van der Waals surface area contributed by atoms with E-state index >= 15 is 0 Å². The minimum Gasteiger partial charge on any atom is -0.506 e. The minimum atomic E-state index is -0.470. The van der Waals surface area contributed by atoms with Crippen LogP contribution >= 0.6 is 47.8 Å². The zero-order valence-corrected chi connectivity index (χ0v) is 19.0. The van der Waals surface area contributed by atoms with Gasteiger partial charge in [-0.15, -0.1) is 0 Å². The molecule has 0 radical (unpaired) electrons. The molecule has 0 aliphatic rings. The van der Waals surface area contributed by atoms with E-state index in [0.29, 0.717) is 31.8 Å². The third-order valence-corrected chi connectivity index (χ3v) is 5.08. The van der Waals surface area contributed by atoms with Gasteiger partial charge in [0.05, 0.1) is 24.9 Å². The van der Waals surface area contributed by atoms with Crippen molar-refractivity contribution in [3.05, 3.63) is 43.2 Å². The number of carbonyl (C=O) groups excluding carboxylic acids is 1. The van der Waals surface area contributed by atoms with Gasteiger partial charge < -0.3 is 19.3 Å². The van der Waals surface area contributed by atoms with Crippen LogP contribution in [0.2, 0.25) is 0 Å². The molecule has 0 fully saturated rings. The Morgan fingerprint density at radius 3 is 2.59 bits per heavy atom. The third-order valence-electron chi connectivity index (χ3n) is 3.26. The van der Waals surface area contributed by atoms with E-state index in [4.69, 9.17) is 14.2 Å². The largest absolute Gasteiger partial charge is 0.506 e. The molecule has 0 heterocycles. The van der Waals surface area contributed by atoms with E-state index < -0.39 is 5.91 Å². The first kappa shape index (κ1) is 21.5. The van der Waals surface area contributed by atoms with Crippen molar-refractivity contribution < 1.29 is 24.1 Å². The van der Waals surface area contributed by atoms with Gasteiger partial charge in [-0.05, 0) is 56.1 Å². The van der Waals surface area contributed by atoms with E-state index in [1.807, 2.05) is 0 Å². The number of nitrogens with one attached hydrogen (secondary N) is 1. The number of hydrogen-bond acceptors (Lipinski definition) is 6. The Morgan fingerprint density at radius 1 is 1.19 bits per heavy atom.